The minimum absolute atomic E-state index is 0.0416. The van der Waals surface area contributed by atoms with Gasteiger partial charge < -0.3 is 20.3 Å². The van der Waals surface area contributed by atoms with Gasteiger partial charge in [0.05, 0.1) is 22.5 Å². The van der Waals surface area contributed by atoms with Crippen LogP contribution in [-0.2, 0) is 27.4 Å². The smallest absolute Gasteiger partial charge is 0.420 e. The van der Waals surface area contributed by atoms with E-state index in [1.165, 1.54) is 24.3 Å². The summed E-state index contributed by atoms with van der Waals surface area (Å²) in [6.07, 6.45) is -5.12. The van der Waals surface area contributed by atoms with Crippen molar-refractivity contribution in [3.63, 3.8) is 0 Å². The molecule has 1 atom stereocenters. The molecule has 1 unspecified atom stereocenters. The highest BCUT2D eigenvalue weighted by atomic mass is 32.2. The van der Waals surface area contributed by atoms with Crippen LogP contribution >= 0.6 is 0 Å². The number of aromatic nitrogens is 1. The van der Waals surface area contributed by atoms with Crippen LogP contribution < -0.4 is 15.6 Å². The summed E-state index contributed by atoms with van der Waals surface area (Å²) in [5.74, 6) is -4.34. The molecule has 2 heterocycles. The number of aliphatic carboxylic acids is 1. The number of carbonyl (C=O) groups is 2. The monoisotopic (exact) mass is 526 g/mol. The molecule has 0 spiro atoms. The molecule has 1 aromatic heterocycles. The number of hydrogen-bond donors (Lipinski definition) is 3. The lowest BCUT2D eigenvalue weighted by atomic mass is 10.0. The van der Waals surface area contributed by atoms with Gasteiger partial charge in [0.15, 0.2) is 15.6 Å². The number of alkyl halides is 3. The molecule has 10 nitrogen and oxygen atoms in total. The van der Waals surface area contributed by atoms with Crippen molar-refractivity contribution in [1.29, 1.82) is 0 Å². The van der Waals surface area contributed by atoms with Gasteiger partial charge in [0, 0.05) is 11.6 Å². The lowest BCUT2D eigenvalue weighted by Crippen LogP contribution is -2.38. The van der Waals surface area contributed by atoms with Crippen LogP contribution in [0.2, 0.25) is 0 Å². The summed E-state index contributed by atoms with van der Waals surface area (Å²) in [6, 6.07) is 6.63. The molecule has 2 aromatic carbocycles. The summed E-state index contributed by atoms with van der Waals surface area (Å²) >= 11 is 0. The number of carboxylic acids is 1. The standard InChI is InChI=1S/C22H17F3N2O8S/c1-36(33,34)11-4-2-10(3-5-11)14-9-27-17-12(6-7-13(19(17)35-14)22(23,24)25)18(30)16(21(27)32)20(31)26-8-15(28)29/h2-7,14,30H,8-9H2,1H3,(H,26,31)(H,28,29). The highest BCUT2D eigenvalue weighted by Crippen LogP contribution is 2.46. The lowest BCUT2D eigenvalue weighted by Gasteiger charge is -2.30. The number of rotatable bonds is 5. The topological polar surface area (TPSA) is 152 Å². The normalized spacial score (nSPS) is 15.4. The number of sulfone groups is 1. The first-order valence-corrected chi connectivity index (χ1v) is 12.1. The Morgan fingerprint density at radius 2 is 1.81 bits per heavy atom. The fourth-order valence-corrected chi connectivity index (χ4v) is 4.55. The Hall–Kier alpha value is -4.07. The Kier molecular flexibility index (Phi) is 5.95. The molecular weight excluding hydrogens is 509 g/mol. The Morgan fingerprint density at radius 1 is 1.17 bits per heavy atom. The van der Waals surface area contributed by atoms with Crippen molar-refractivity contribution < 1.29 is 46.1 Å². The number of pyridine rings is 1. The molecule has 190 valence electrons. The van der Waals surface area contributed by atoms with Gasteiger partial charge in [-0.2, -0.15) is 13.2 Å². The second-order valence-electron chi connectivity index (χ2n) is 8.00. The maximum atomic E-state index is 13.8. The fourth-order valence-electron chi connectivity index (χ4n) is 3.92. The van der Waals surface area contributed by atoms with Gasteiger partial charge in [0.1, 0.15) is 24.0 Å². The van der Waals surface area contributed by atoms with E-state index in [2.05, 4.69) is 0 Å². The van der Waals surface area contributed by atoms with E-state index in [0.717, 1.165) is 16.9 Å². The second kappa shape index (κ2) is 8.55. The van der Waals surface area contributed by atoms with Gasteiger partial charge in [0.25, 0.3) is 11.5 Å². The number of ether oxygens (including phenoxy) is 1. The number of hydrogen-bond acceptors (Lipinski definition) is 7. The summed E-state index contributed by atoms with van der Waals surface area (Å²) in [7, 11) is -3.55. The van der Waals surface area contributed by atoms with E-state index in [-0.39, 0.29) is 22.4 Å². The highest BCUT2D eigenvalue weighted by Gasteiger charge is 2.40. The first-order chi connectivity index (χ1) is 16.7. The molecule has 4 rings (SSSR count). The van der Waals surface area contributed by atoms with Crippen molar-refractivity contribution >= 4 is 32.6 Å². The maximum absolute atomic E-state index is 13.8. The van der Waals surface area contributed by atoms with Crippen molar-refractivity contribution in [2.75, 3.05) is 12.8 Å². The molecule has 3 aromatic rings. The Balaban J connectivity index is 1.93. The fraction of sp³-hybridized carbons (Fsp3) is 0.227. The minimum atomic E-state index is -4.90. The summed E-state index contributed by atoms with van der Waals surface area (Å²) in [5, 5.41) is 21.0. The van der Waals surface area contributed by atoms with Crippen molar-refractivity contribution in [2.45, 2.75) is 23.7 Å². The van der Waals surface area contributed by atoms with E-state index in [1.807, 2.05) is 5.32 Å². The third-order valence-electron chi connectivity index (χ3n) is 5.57. The van der Waals surface area contributed by atoms with E-state index < -0.39 is 74.2 Å². The third kappa shape index (κ3) is 4.34. The number of benzene rings is 2. The van der Waals surface area contributed by atoms with Gasteiger partial charge in [-0.25, -0.2) is 8.42 Å². The van der Waals surface area contributed by atoms with E-state index in [4.69, 9.17) is 9.84 Å². The van der Waals surface area contributed by atoms with Gasteiger partial charge in [-0.05, 0) is 29.8 Å². The third-order valence-corrected chi connectivity index (χ3v) is 6.70. The number of nitrogens with zero attached hydrogens (tertiary/aromatic N) is 1. The van der Waals surface area contributed by atoms with Crippen LogP contribution in [0.1, 0.15) is 27.6 Å². The zero-order chi connectivity index (χ0) is 26.6. The summed E-state index contributed by atoms with van der Waals surface area (Å²) in [4.78, 5) is 36.5. The SMILES string of the molecule is CS(=O)(=O)c1ccc(C2Cn3c(=O)c(C(=O)NCC(=O)O)c(O)c4ccc(C(F)(F)F)c(c43)O2)cc1. The van der Waals surface area contributed by atoms with Crippen LogP contribution in [0.15, 0.2) is 46.1 Å². The maximum Gasteiger partial charge on any atom is 0.420 e. The van der Waals surface area contributed by atoms with Crippen molar-refractivity contribution in [3.05, 3.63) is 63.4 Å². The van der Waals surface area contributed by atoms with Gasteiger partial charge in [0.2, 0.25) is 0 Å². The van der Waals surface area contributed by atoms with Crippen molar-refractivity contribution in [3.8, 4) is 11.5 Å². The molecular formula is C22H17F3N2O8S. The molecule has 14 heteroatoms. The van der Waals surface area contributed by atoms with E-state index >= 15 is 0 Å². The zero-order valence-electron chi connectivity index (χ0n) is 18.3. The number of aromatic hydroxyl groups is 1. The largest absolute Gasteiger partial charge is 0.506 e. The van der Waals surface area contributed by atoms with Crippen LogP contribution in [0.3, 0.4) is 0 Å². The van der Waals surface area contributed by atoms with Crippen molar-refractivity contribution in [2.24, 2.45) is 0 Å². The second-order valence-corrected chi connectivity index (χ2v) is 10.0. The van der Waals surface area contributed by atoms with E-state index in [1.54, 1.807) is 0 Å². The number of nitrogens with one attached hydrogen (secondary N) is 1. The first-order valence-electron chi connectivity index (χ1n) is 10.2. The molecule has 1 amide bonds. The number of carbonyl (C=O) groups excluding carboxylic acids is 1. The Morgan fingerprint density at radius 3 is 2.36 bits per heavy atom. The summed E-state index contributed by atoms with van der Waals surface area (Å²) in [6.45, 7) is -1.26. The number of carboxylic acid groups (broad SMARTS) is 1. The van der Waals surface area contributed by atoms with Gasteiger partial charge in [-0.1, -0.05) is 12.1 Å². The molecule has 0 radical (unpaired) electrons. The average molecular weight is 526 g/mol. The summed E-state index contributed by atoms with van der Waals surface area (Å²) < 4.78 is 71.4. The Labute approximate surface area is 200 Å². The van der Waals surface area contributed by atoms with E-state index in [0.29, 0.717) is 6.07 Å². The summed E-state index contributed by atoms with van der Waals surface area (Å²) in [5.41, 5.74) is -3.39. The highest BCUT2D eigenvalue weighted by molar-refractivity contribution is 7.90. The molecule has 0 aliphatic carbocycles. The predicted octanol–water partition coefficient (Wildman–Crippen LogP) is 2.08. The molecule has 0 saturated heterocycles. The molecule has 1 aliphatic heterocycles. The zero-order valence-corrected chi connectivity index (χ0v) is 19.1. The molecule has 1 aliphatic rings. The van der Waals surface area contributed by atoms with E-state index in [9.17, 15) is 41.1 Å². The van der Waals surface area contributed by atoms with Crippen LogP contribution in [0.5, 0.6) is 11.5 Å². The lowest BCUT2D eigenvalue weighted by molar-refractivity contribution is -0.139. The van der Waals surface area contributed by atoms with Gasteiger partial charge >= 0.3 is 12.1 Å². The van der Waals surface area contributed by atoms with Gasteiger partial charge in [-0.15, -0.1) is 0 Å². The first kappa shape index (κ1) is 25.0. The molecule has 0 saturated carbocycles. The van der Waals surface area contributed by atoms with Crippen LogP contribution in [0.4, 0.5) is 13.2 Å². The van der Waals surface area contributed by atoms with Crippen molar-refractivity contribution in [1.82, 2.24) is 9.88 Å². The molecule has 0 bridgehead atoms. The molecule has 36 heavy (non-hydrogen) atoms. The number of halogens is 3. The quantitative estimate of drug-likeness (QED) is 0.457. The Bertz CT molecular complexity index is 1580. The average Bonchev–Trinajstić information content (AvgIpc) is 2.79. The minimum Gasteiger partial charge on any atom is -0.506 e. The van der Waals surface area contributed by atoms with Gasteiger partial charge in [-0.3, -0.25) is 19.0 Å². The van der Waals surface area contributed by atoms with Crippen LogP contribution in [0.25, 0.3) is 10.9 Å². The van der Waals surface area contributed by atoms with Crippen LogP contribution in [-0.4, -0.2) is 47.9 Å². The molecule has 0 fully saturated rings. The molecule has 3 N–H and O–H groups in total. The predicted molar refractivity (Wildman–Crippen MR) is 118 cm³/mol. The number of amides is 1. The van der Waals surface area contributed by atoms with Crippen LogP contribution in [0, 0.1) is 0 Å².